The first-order valence-corrected chi connectivity index (χ1v) is 19.5. The van der Waals surface area contributed by atoms with Crippen LogP contribution in [-0.4, -0.2) is 18.9 Å². The standard InChI is InChI=1S/C50H28N4S/c1-2-13-31(14-3-1)50-51-46(49-47(52-50)36-18-8-11-21-42(36)55-49)30-22-25-32(26-23-30)53-40-27-24-29-12-4-5-15-33(29)43(40)45-41(53)28-37-34-16-6-9-19-38(34)54-39-20-10-7-17-35(39)44(45)48(37)54/h1-28H. The molecule has 13 aromatic rings. The Hall–Kier alpha value is -7.08. The summed E-state index contributed by atoms with van der Waals surface area (Å²) < 4.78 is 7.29. The monoisotopic (exact) mass is 716 g/mol. The van der Waals surface area contributed by atoms with Crippen LogP contribution >= 0.6 is 11.3 Å². The third-order valence-corrected chi connectivity index (χ3v) is 12.8. The van der Waals surface area contributed by atoms with Gasteiger partial charge in [-0.1, -0.05) is 127 Å². The van der Waals surface area contributed by atoms with E-state index in [2.05, 4.69) is 173 Å². The molecule has 0 saturated carbocycles. The second-order valence-corrected chi connectivity index (χ2v) is 15.6. The lowest BCUT2D eigenvalue weighted by molar-refractivity contribution is 1.18. The molecule has 0 fully saturated rings. The quantitative estimate of drug-likeness (QED) is 0.182. The maximum Gasteiger partial charge on any atom is 0.160 e. The summed E-state index contributed by atoms with van der Waals surface area (Å²) in [5, 5.41) is 11.4. The second-order valence-electron chi connectivity index (χ2n) is 14.5. The molecule has 254 valence electrons. The number of para-hydroxylation sites is 2. The zero-order valence-corrected chi connectivity index (χ0v) is 30.2. The maximum absolute atomic E-state index is 5.26. The van der Waals surface area contributed by atoms with Crippen LogP contribution in [0.4, 0.5) is 0 Å². The van der Waals surface area contributed by atoms with E-state index in [1.807, 2.05) is 6.07 Å². The van der Waals surface area contributed by atoms with E-state index in [4.69, 9.17) is 9.97 Å². The fourth-order valence-electron chi connectivity index (χ4n) is 9.32. The van der Waals surface area contributed by atoms with Gasteiger partial charge in [-0.2, -0.15) is 0 Å². The molecule has 13 rings (SSSR count). The Morgan fingerprint density at radius 2 is 1.13 bits per heavy atom. The SMILES string of the molecule is c1ccc(-c2nc(-c3ccc(-n4c5ccc6ccccc6c5c5c6c7ccccc7n7c8ccccc8c(cc54)c67)cc3)c3sc4ccccc4c3n2)cc1. The molecule has 0 bridgehead atoms. The van der Waals surface area contributed by atoms with Gasteiger partial charge in [0.15, 0.2) is 5.82 Å². The molecule has 4 nitrogen and oxygen atoms in total. The summed E-state index contributed by atoms with van der Waals surface area (Å²) in [4.78, 5) is 10.4. The highest BCUT2D eigenvalue weighted by Gasteiger charge is 2.25. The van der Waals surface area contributed by atoms with E-state index in [9.17, 15) is 0 Å². The van der Waals surface area contributed by atoms with Crippen molar-refractivity contribution in [2.75, 3.05) is 0 Å². The van der Waals surface area contributed by atoms with Gasteiger partial charge in [0.25, 0.3) is 0 Å². The molecule has 0 spiro atoms. The number of hydrogen-bond acceptors (Lipinski definition) is 3. The summed E-state index contributed by atoms with van der Waals surface area (Å²) in [6.45, 7) is 0. The van der Waals surface area contributed by atoms with E-state index in [1.54, 1.807) is 11.3 Å². The van der Waals surface area contributed by atoms with Gasteiger partial charge in [-0.25, -0.2) is 9.97 Å². The Kier molecular flexibility index (Phi) is 5.74. The molecule has 0 aliphatic carbocycles. The van der Waals surface area contributed by atoms with Crippen molar-refractivity contribution in [3.63, 3.8) is 0 Å². The number of thiophene rings is 1. The smallest absolute Gasteiger partial charge is 0.160 e. The van der Waals surface area contributed by atoms with E-state index in [0.717, 1.165) is 38.5 Å². The molecule has 0 saturated heterocycles. The first-order chi connectivity index (χ1) is 27.3. The lowest BCUT2D eigenvalue weighted by Crippen LogP contribution is -1.96. The Balaban J connectivity index is 1.12. The minimum Gasteiger partial charge on any atom is -0.309 e. The summed E-state index contributed by atoms with van der Waals surface area (Å²) in [6, 6.07) is 61.5. The predicted molar refractivity (Wildman–Crippen MR) is 232 cm³/mol. The van der Waals surface area contributed by atoms with Gasteiger partial charge in [-0.3, -0.25) is 0 Å². The van der Waals surface area contributed by atoms with E-state index in [-0.39, 0.29) is 0 Å². The van der Waals surface area contributed by atoms with Gasteiger partial charge < -0.3 is 8.97 Å². The van der Waals surface area contributed by atoms with Crippen molar-refractivity contribution in [1.29, 1.82) is 0 Å². The zero-order valence-electron chi connectivity index (χ0n) is 29.4. The Labute approximate surface area is 318 Å². The highest BCUT2D eigenvalue weighted by atomic mass is 32.1. The molecule has 5 heteroatoms. The Morgan fingerprint density at radius 3 is 1.96 bits per heavy atom. The third-order valence-electron chi connectivity index (χ3n) is 11.6. The predicted octanol–water partition coefficient (Wildman–Crippen LogP) is 13.6. The molecule has 0 amide bonds. The highest BCUT2D eigenvalue weighted by molar-refractivity contribution is 7.26. The molecule has 55 heavy (non-hydrogen) atoms. The highest BCUT2D eigenvalue weighted by Crippen LogP contribution is 2.48. The fourth-order valence-corrected chi connectivity index (χ4v) is 10.5. The molecule has 8 aromatic carbocycles. The largest absolute Gasteiger partial charge is 0.309 e. The van der Waals surface area contributed by atoms with Gasteiger partial charge in [0.2, 0.25) is 0 Å². The summed E-state index contributed by atoms with van der Waals surface area (Å²) >= 11 is 1.77. The van der Waals surface area contributed by atoms with Crippen LogP contribution in [-0.2, 0) is 0 Å². The number of nitrogens with zero attached hydrogens (tertiary/aromatic N) is 4. The molecular weight excluding hydrogens is 689 g/mol. The topological polar surface area (TPSA) is 35.1 Å². The van der Waals surface area contributed by atoms with Crippen molar-refractivity contribution in [1.82, 2.24) is 18.9 Å². The lowest BCUT2D eigenvalue weighted by atomic mass is 9.99. The van der Waals surface area contributed by atoms with Crippen LogP contribution in [0.5, 0.6) is 0 Å². The van der Waals surface area contributed by atoms with Crippen molar-refractivity contribution >= 4 is 102 Å². The number of aromatic nitrogens is 4. The molecule has 0 radical (unpaired) electrons. The maximum atomic E-state index is 5.26. The Bertz CT molecular complexity index is 3700. The summed E-state index contributed by atoms with van der Waals surface area (Å²) in [5.41, 5.74) is 11.4. The fraction of sp³-hybridized carbons (Fsp3) is 0. The van der Waals surface area contributed by atoms with Crippen molar-refractivity contribution in [3.05, 3.63) is 170 Å². The van der Waals surface area contributed by atoms with E-state index in [0.29, 0.717) is 0 Å². The van der Waals surface area contributed by atoms with Gasteiger partial charge in [0.1, 0.15) is 0 Å². The van der Waals surface area contributed by atoms with Gasteiger partial charge in [0, 0.05) is 59.2 Å². The Morgan fingerprint density at radius 1 is 0.436 bits per heavy atom. The van der Waals surface area contributed by atoms with Crippen LogP contribution in [0.1, 0.15) is 0 Å². The van der Waals surface area contributed by atoms with Crippen LogP contribution < -0.4 is 0 Å². The number of fused-ring (bicyclic) bond motifs is 15. The van der Waals surface area contributed by atoms with Crippen molar-refractivity contribution in [2.45, 2.75) is 0 Å². The van der Waals surface area contributed by atoms with Crippen LogP contribution in [0.2, 0.25) is 0 Å². The van der Waals surface area contributed by atoms with Gasteiger partial charge >= 0.3 is 0 Å². The van der Waals surface area contributed by atoms with Crippen molar-refractivity contribution < 1.29 is 0 Å². The van der Waals surface area contributed by atoms with Crippen LogP contribution in [0, 0.1) is 0 Å². The molecule has 5 aromatic heterocycles. The van der Waals surface area contributed by atoms with Crippen molar-refractivity contribution in [2.24, 2.45) is 0 Å². The second kappa shape index (κ2) is 10.8. The first kappa shape index (κ1) is 29.4. The van der Waals surface area contributed by atoms with Gasteiger partial charge in [0.05, 0.1) is 43.5 Å². The van der Waals surface area contributed by atoms with E-state index in [1.165, 1.54) is 80.8 Å². The van der Waals surface area contributed by atoms with E-state index < -0.39 is 0 Å². The third kappa shape index (κ3) is 3.89. The van der Waals surface area contributed by atoms with Crippen LogP contribution in [0.3, 0.4) is 0 Å². The van der Waals surface area contributed by atoms with Crippen molar-refractivity contribution in [3.8, 4) is 28.3 Å². The average Bonchev–Trinajstić information content (AvgIpc) is 3.99. The molecule has 0 unspecified atom stereocenters. The zero-order chi connectivity index (χ0) is 35.8. The summed E-state index contributed by atoms with van der Waals surface area (Å²) in [6.07, 6.45) is 0. The normalized spacial score (nSPS) is 12.4. The molecule has 0 N–H and O–H groups in total. The summed E-state index contributed by atoms with van der Waals surface area (Å²) in [7, 11) is 0. The molecule has 5 heterocycles. The number of rotatable bonds is 3. The minimum absolute atomic E-state index is 0.742. The lowest BCUT2D eigenvalue weighted by Gasteiger charge is -2.11. The van der Waals surface area contributed by atoms with Gasteiger partial charge in [-0.05, 0) is 53.2 Å². The molecule has 0 atom stereocenters. The van der Waals surface area contributed by atoms with Crippen LogP contribution in [0.25, 0.3) is 119 Å². The average molecular weight is 717 g/mol. The van der Waals surface area contributed by atoms with Gasteiger partial charge in [-0.15, -0.1) is 11.3 Å². The molecule has 0 aliphatic rings. The first-order valence-electron chi connectivity index (χ1n) is 18.7. The minimum atomic E-state index is 0.742. The molecule has 0 aliphatic heterocycles. The number of hydrogen-bond donors (Lipinski definition) is 0. The summed E-state index contributed by atoms with van der Waals surface area (Å²) in [5.74, 6) is 0.742. The van der Waals surface area contributed by atoms with Crippen LogP contribution in [0.15, 0.2) is 170 Å². The van der Waals surface area contributed by atoms with E-state index >= 15 is 0 Å². The molecular formula is C50H28N4S. The number of benzene rings is 8.